The molecule has 1 aliphatic rings. The number of imidazole rings is 1. The van der Waals surface area contributed by atoms with Gasteiger partial charge in [-0.1, -0.05) is 0 Å². The van der Waals surface area contributed by atoms with Crippen LogP contribution in [0.2, 0.25) is 5.15 Å². The van der Waals surface area contributed by atoms with Crippen LogP contribution in [0.4, 0.5) is 0 Å². The molecule has 18 heavy (non-hydrogen) atoms. The first-order valence-electron chi connectivity index (χ1n) is 5.68. The number of hydrogen-bond acceptors (Lipinski definition) is 4. The van der Waals surface area contributed by atoms with Crippen LogP contribution in [0.5, 0.6) is 0 Å². The van der Waals surface area contributed by atoms with Crippen molar-refractivity contribution < 1.29 is 4.74 Å². The van der Waals surface area contributed by atoms with Crippen LogP contribution in [0.3, 0.4) is 0 Å². The van der Waals surface area contributed by atoms with Crippen LogP contribution in [-0.4, -0.2) is 49.6 Å². The van der Waals surface area contributed by atoms with Crippen molar-refractivity contribution in [3.05, 3.63) is 15.6 Å². The van der Waals surface area contributed by atoms with Gasteiger partial charge in [-0.05, 0) is 0 Å². The number of H-pyrrole nitrogens is 1. The summed E-state index contributed by atoms with van der Waals surface area (Å²) in [4.78, 5) is 23.2. The molecule has 0 aliphatic carbocycles. The van der Waals surface area contributed by atoms with Crippen LogP contribution >= 0.6 is 11.6 Å². The molecule has 1 aliphatic heterocycles. The molecule has 1 atom stereocenters. The van der Waals surface area contributed by atoms with Crippen molar-refractivity contribution in [1.82, 2.24) is 19.5 Å². The van der Waals surface area contributed by atoms with Gasteiger partial charge in [-0.3, -0.25) is 0 Å². The van der Waals surface area contributed by atoms with Gasteiger partial charge in [0.25, 0.3) is 0 Å². The predicted octanol–water partition coefficient (Wildman–Crippen LogP) is -0.617. The topological polar surface area (TPSA) is 72.8 Å². The monoisotopic (exact) mass is 330 g/mol. The van der Waals surface area contributed by atoms with Gasteiger partial charge in [-0.25, -0.2) is 0 Å². The third-order valence-corrected chi connectivity index (χ3v) is 3.91. The van der Waals surface area contributed by atoms with E-state index in [1.165, 1.54) is 16.9 Å². The third kappa shape index (κ3) is 1.98. The number of nitrogens with zero attached hydrogens (tertiary/aromatic N) is 3. The second-order valence-electron chi connectivity index (χ2n) is 4.21. The van der Waals surface area contributed by atoms with Crippen LogP contribution in [-0.2, 0) is 4.74 Å². The average Bonchev–Trinajstić information content (AvgIpc) is 2.67. The Morgan fingerprint density at radius 1 is 1.39 bits per heavy atom. The Morgan fingerprint density at radius 3 is 2.83 bits per heavy atom. The zero-order chi connectivity index (χ0) is 12.7. The molecule has 2 aromatic heterocycles. The van der Waals surface area contributed by atoms with Crippen molar-refractivity contribution >= 4 is 44.2 Å². The van der Waals surface area contributed by atoms with Crippen molar-refractivity contribution in [2.75, 3.05) is 13.2 Å². The fourth-order valence-electron chi connectivity index (χ4n) is 2.27. The summed E-state index contributed by atoms with van der Waals surface area (Å²) in [6.45, 7) is 1.34. The molecule has 0 bridgehead atoms. The molecule has 0 saturated carbocycles. The van der Waals surface area contributed by atoms with Gasteiger partial charge in [0.2, 0.25) is 0 Å². The zero-order valence-corrected chi connectivity index (χ0v) is 12.7. The quantitative estimate of drug-likeness (QED) is 0.559. The van der Waals surface area contributed by atoms with Crippen LogP contribution in [0.25, 0.3) is 11.2 Å². The number of nitrogens with one attached hydrogen (secondary N) is 1. The second kappa shape index (κ2) is 4.68. The van der Waals surface area contributed by atoms with Crippen molar-refractivity contribution in [3.8, 4) is 0 Å². The summed E-state index contributed by atoms with van der Waals surface area (Å²) in [6, 6.07) is 0.123. The van der Waals surface area contributed by atoms with Gasteiger partial charge < -0.3 is 0 Å². The number of halogens is 1. The average molecular weight is 331 g/mol. The van der Waals surface area contributed by atoms with Crippen LogP contribution in [0.1, 0.15) is 18.9 Å². The molecule has 0 radical (unpaired) electrons. The Kier molecular flexibility index (Phi) is 3.18. The molecule has 3 heterocycles. The van der Waals surface area contributed by atoms with Crippen LogP contribution < -0.4 is 10.3 Å². The van der Waals surface area contributed by atoms with E-state index in [0.29, 0.717) is 34.1 Å². The van der Waals surface area contributed by atoms with Gasteiger partial charge in [0.15, 0.2) is 0 Å². The van der Waals surface area contributed by atoms with Gasteiger partial charge in [0, 0.05) is 0 Å². The minimum absolute atomic E-state index is 0.123. The number of aromatic nitrogens is 4. The first-order chi connectivity index (χ1) is 8.66. The van der Waals surface area contributed by atoms with E-state index in [0.717, 1.165) is 12.8 Å². The van der Waals surface area contributed by atoms with Crippen molar-refractivity contribution in [1.29, 1.82) is 0 Å². The summed E-state index contributed by atoms with van der Waals surface area (Å²) < 4.78 is 7.63. The molecule has 6 nitrogen and oxygen atoms in total. The van der Waals surface area contributed by atoms with E-state index >= 15 is 0 Å². The molecule has 3 rings (SSSR count). The molecule has 1 unspecified atom stereocenters. The summed E-state index contributed by atoms with van der Waals surface area (Å²) in [5.41, 5.74) is 0.951. The molecular formula is C10H12AsClN4O2. The third-order valence-electron chi connectivity index (χ3n) is 3.10. The van der Waals surface area contributed by atoms with Gasteiger partial charge in [-0.2, -0.15) is 0 Å². The summed E-state index contributed by atoms with van der Waals surface area (Å²) in [6.07, 6.45) is 1.64. The van der Waals surface area contributed by atoms with E-state index < -0.39 is 0 Å². The van der Waals surface area contributed by atoms with E-state index in [4.69, 9.17) is 16.3 Å². The number of rotatable bonds is 1. The minimum atomic E-state index is -0.175. The molecule has 1 N–H and O–H groups in total. The second-order valence-corrected chi connectivity index (χ2v) is 5.66. The van der Waals surface area contributed by atoms with Crippen molar-refractivity contribution in [2.24, 2.45) is 0 Å². The molecule has 0 aromatic carbocycles. The molecular weight excluding hydrogens is 319 g/mol. The Bertz CT molecular complexity index is 647. The fourth-order valence-corrected chi connectivity index (χ4v) is 3.18. The van der Waals surface area contributed by atoms with Gasteiger partial charge in [-0.15, -0.1) is 0 Å². The number of aromatic amines is 1. The van der Waals surface area contributed by atoms with Crippen LogP contribution in [0.15, 0.2) is 4.79 Å². The predicted molar refractivity (Wildman–Crippen MR) is 70.4 cm³/mol. The van der Waals surface area contributed by atoms with E-state index in [-0.39, 0.29) is 11.7 Å². The van der Waals surface area contributed by atoms with Gasteiger partial charge in [0.1, 0.15) is 0 Å². The summed E-state index contributed by atoms with van der Waals surface area (Å²) in [5.74, 6) is 0. The van der Waals surface area contributed by atoms with Gasteiger partial charge >= 0.3 is 116 Å². The maximum atomic E-state index is 12.0. The van der Waals surface area contributed by atoms with E-state index in [2.05, 4.69) is 15.0 Å². The molecule has 8 heteroatoms. The Morgan fingerprint density at radius 2 is 2.11 bits per heavy atom. The van der Waals surface area contributed by atoms with Crippen molar-refractivity contribution in [2.45, 2.75) is 18.9 Å². The first kappa shape index (κ1) is 12.2. The van der Waals surface area contributed by atoms with E-state index in [9.17, 15) is 4.79 Å². The number of hydrogen-bond donors (Lipinski definition) is 1. The van der Waals surface area contributed by atoms with Crippen LogP contribution in [0, 0.1) is 0 Å². The molecule has 1 saturated heterocycles. The molecule has 0 spiro atoms. The Balaban J connectivity index is 2.21. The SMILES string of the molecule is O=c1[nH]c2c(Cl)nc([AsH2])nc2n1C1CCOCC1. The standard InChI is InChI=1S/C10H12AsClN4O2/c11-9-14-7(12)6-8(15-9)16(10(17)13-6)5-1-3-18-4-2-5/h5H,1-4,11H2,(H,13,17). The fraction of sp³-hybridized carbons (Fsp3) is 0.500. The summed E-state index contributed by atoms with van der Waals surface area (Å²) in [7, 11) is 0. The molecule has 0 amide bonds. The van der Waals surface area contributed by atoms with E-state index in [1.807, 2.05) is 0 Å². The molecule has 1 fully saturated rings. The Hall–Kier alpha value is -0.842. The normalized spacial score (nSPS) is 17.4. The van der Waals surface area contributed by atoms with Gasteiger partial charge in [0.05, 0.1) is 0 Å². The first-order valence-corrected chi connectivity index (χ1v) is 7.26. The maximum absolute atomic E-state index is 12.0. The van der Waals surface area contributed by atoms with Crippen molar-refractivity contribution in [3.63, 3.8) is 0 Å². The number of fused-ring (bicyclic) bond motifs is 1. The molecule has 96 valence electrons. The van der Waals surface area contributed by atoms with E-state index in [1.54, 1.807) is 4.57 Å². The summed E-state index contributed by atoms with van der Waals surface area (Å²) >= 11 is 7.32. The number of ether oxygens (including phenoxy) is 1. The molecule has 2 aromatic rings. The zero-order valence-electron chi connectivity index (χ0n) is 9.52. The summed E-state index contributed by atoms with van der Waals surface area (Å²) in [5, 5.41) is 0.308. The Labute approximate surface area is 116 Å².